The van der Waals surface area contributed by atoms with E-state index in [4.69, 9.17) is 10.2 Å². The molecule has 0 amide bonds. The van der Waals surface area contributed by atoms with Crippen molar-refractivity contribution in [2.24, 2.45) is 0 Å². The number of phenolic OH excluding ortho intramolecular Hbond substituents is 4. The Morgan fingerprint density at radius 2 is 0.625 bits per heavy atom. The molecule has 0 aliphatic rings. The summed E-state index contributed by atoms with van der Waals surface area (Å²) in [6.07, 6.45) is 0. The summed E-state index contributed by atoms with van der Waals surface area (Å²) >= 11 is 0. The molecule has 0 radical (unpaired) electrons. The van der Waals surface area contributed by atoms with Gasteiger partial charge in [-0.05, 0) is 48.5 Å². The summed E-state index contributed by atoms with van der Waals surface area (Å²) < 4.78 is 259. The first kappa shape index (κ1) is 51.9. The van der Waals surface area contributed by atoms with Crippen LogP contribution in [0.3, 0.4) is 0 Å². The van der Waals surface area contributed by atoms with Crippen molar-refractivity contribution < 1.29 is 133 Å². The van der Waals surface area contributed by atoms with Crippen molar-refractivity contribution >= 4 is 52.0 Å². The van der Waals surface area contributed by atoms with Gasteiger partial charge in [0.15, 0.2) is 17.3 Å². The van der Waals surface area contributed by atoms with E-state index in [1.165, 1.54) is 24.3 Å². The Morgan fingerprint density at radius 1 is 0.375 bits per heavy atom. The number of ketones is 2. The maximum Gasteiger partial charge on any atom is 0.534 e. The van der Waals surface area contributed by atoms with Gasteiger partial charge in [-0.1, -0.05) is 0 Å². The van der Waals surface area contributed by atoms with Crippen LogP contribution in [0.15, 0.2) is 72.8 Å². The van der Waals surface area contributed by atoms with Crippen LogP contribution in [0.25, 0.3) is 0 Å². The van der Waals surface area contributed by atoms with Crippen LogP contribution in [0, 0.1) is 0 Å². The predicted octanol–water partition coefficient (Wildman–Crippen LogP) is 5.57. The van der Waals surface area contributed by atoms with Gasteiger partial charge in [0.25, 0.3) is 0 Å². The highest BCUT2D eigenvalue weighted by molar-refractivity contribution is 7.88. The molecule has 0 bridgehead atoms. The summed E-state index contributed by atoms with van der Waals surface area (Å²) in [5, 5.41) is 37.4. The van der Waals surface area contributed by atoms with E-state index in [1.54, 1.807) is 0 Å². The monoisotopic (exact) mass is 1020 g/mol. The van der Waals surface area contributed by atoms with Gasteiger partial charge in [0.1, 0.15) is 34.5 Å². The number of halogens is 12. The minimum Gasteiger partial charge on any atom is -0.508 e. The third-order valence-electron chi connectivity index (χ3n) is 6.79. The molecular formula is C30H16F12O18S4. The second-order valence-electron chi connectivity index (χ2n) is 11.3. The minimum absolute atomic E-state index is 0.00393. The normalized spacial score (nSPS) is 12.9. The molecule has 0 atom stereocenters. The lowest BCUT2D eigenvalue weighted by atomic mass is 10.0. The van der Waals surface area contributed by atoms with Gasteiger partial charge in [0.05, 0.1) is 22.3 Å². The summed E-state index contributed by atoms with van der Waals surface area (Å²) in [4.78, 5) is 25.1. The first-order valence-electron chi connectivity index (χ1n) is 15.2. The lowest BCUT2D eigenvalue weighted by molar-refractivity contribution is -0.0506. The van der Waals surface area contributed by atoms with Crippen LogP contribution in [0.2, 0.25) is 0 Å². The molecule has 0 spiro atoms. The molecule has 0 unspecified atom stereocenters. The molecule has 64 heavy (non-hydrogen) atoms. The molecule has 0 aromatic heterocycles. The van der Waals surface area contributed by atoms with Gasteiger partial charge in [-0.2, -0.15) is 86.4 Å². The number of aromatic hydroxyl groups is 4. The molecule has 4 aromatic rings. The SMILES string of the molecule is O=C(c1ccc(O)cc1O)c1ccc(O)cc1O.O=C(c1ccc(OS(=O)(=O)C(F)(F)F)cc1OS(=O)(=O)C(F)(F)F)c1ccc(OS(=O)(=O)C(F)(F)F)cc1OS(=O)(=O)C(F)(F)F. The van der Waals surface area contributed by atoms with Crippen LogP contribution < -0.4 is 16.7 Å². The Hall–Kier alpha value is -6.42. The van der Waals surface area contributed by atoms with Crippen LogP contribution in [0.1, 0.15) is 31.8 Å². The molecule has 0 saturated heterocycles. The highest BCUT2D eigenvalue weighted by Gasteiger charge is 2.52. The predicted molar refractivity (Wildman–Crippen MR) is 182 cm³/mol. The van der Waals surface area contributed by atoms with Crippen LogP contribution in [0.4, 0.5) is 52.7 Å². The average Bonchev–Trinajstić information content (AvgIpc) is 3.09. The van der Waals surface area contributed by atoms with Gasteiger partial charge >= 0.3 is 62.5 Å². The summed E-state index contributed by atoms with van der Waals surface area (Å²) in [6, 6.07) is 6.15. The van der Waals surface area contributed by atoms with Gasteiger partial charge in [-0.25, -0.2) is 0 Å². The van der Waals surface area contributed by atoms with Crippen LogP contribution in [-0.4, -0.2) is 87.7 Å². The van der Waals surface area contributed by atoms with Gasteiger partial charge in [-0.15, -0.1) is 0 Å². The summed E-state index contributed by atoms with van der Waals surface area (Å²) in [5.74, 6) is -11.5. The van der Waals surface area contributed by atoms with E-state index >= 15 is 0 Å². The zero-order valence-electron chi connectivity index (χ0n) is 29.6. The van der Waals surface area contributed by atoms with Gasteiger partial charge < -0.3 is 37.2 Å². The second-order valence-corrected chi connectivity index (χ2v) is 17.5. The molecule has 0 fully saturated rings. The fourth-order valence-corrected chi connectivity index (χ4v) is 5.86. The molecule has 0 saturated carbocycles. The van der Waals surface area contributed by atoms with Crippen molar-refractivity contribution in [3.05, 3.63) is 95.1 Å². The van der Waals surface area contributed by atoms with E-state index in [2.05, 4.69) is 16.7 Å². The fourth-order valence-electron chi connectivity index (χ4n) is 4.02. The standard InChI is InChI=1S/C17H6F12O13S4.C13H10O5/c18-14(19,20)43(31,32)39-7-1-3-9(11(5-7)41-45(35,36)16(24,25)26)13(30)10-4-2-8(40-44(33,34)15(21,22)23)6-12(10)42-46(37,38)17(27,28)29;14-7-1-3-9(11(16)5-7)13(18)10-4-2-8(15)6-12(10)17/h1-6H;1-6,14-17H. The first-order chi connectivity index (χ1) is 28.7. The highest BCUT2D eigenvalue weighted by atomic mass is 32.2. The third kappa shape index (κ3) is 12.0. The van der Waals surface area contributed by atoms with E-state index in [-0.39, 0.29) is 58.4 Å². The van der Waals surface area contributed by atoms with Gasteiger partial charge in [-0.3, -0.25) is 9.59 Å². The van der Waals surface area contributed by atoms with Crippen LogP contribution >= 0.6 is 0 Å². The number of hydrogen-bond donors (Lipinski definition) is 4. The molecule has 352 valence electrons. The summed E-state index contributed by atoms with van der Waals surface area (Å²) in [5.41, 5.74) is -28.7. The fraction of sp³-hybridized carbons (Fsp3) is 0.133. The quantitative estimate of drug-likeness (QED) is 0.0584. The maximum absolute atomic E-state index is 13.1. The zero-order chi connectivity index (χ0) is 49.4. The highest BCUT2D eigenvalue weighted by Crippen LogP contribution is 2.39. The number of alkyl halides is 12. The van der Waals surface area contributed by atoms with Crippen molar-refractivity contribution in [3.8, 4) is 46.0 Å². The number of rotatable bonds is 12. The molecular weight excluding hydrogens is 1000 g/mol. The van der Waals surface area contributed by atoms with Gasteiger partial charge in [0.2, 0.25) is 5.78 Å². The molecule has 34 heteroatoms. The Labute approximate surface area is 347 Å². The lowest BCUT2D eigenvalue weighted by Crippen LogP contribution is -2.30. The maximum atomic E-state index is 13.1. The third-order valence-corrected chi connectivity index (χ3v) is 10.7. The Bertz CT molecular complexity index is 2730. The van der Waals surface area contributed by atoms with Gasteiger partial charge in [0, 0.05) is 24.3 Å². The van der Waals surface area contributed by atoms with Crippen molar-refractivity contribution in [1.82, 2.24) is 0 Å². The van der Waals surface area contributed by atoms with E-state index in [0.29, 0.717) is 0 Å². The summed E-state index contributed by atoms with van der Waals surface area (Å²) in [6.45, 7) is 0. The Morgan fingerprint density at radius 3 is 0.891 bits per heavy atom. The molecule has 0 aliphatic carbocycles. The van der Waals surface area contributed by atoms with Crippen molar-refractivity contribution in [3.63, 3.8) is 0 Å². The second kappa shape index (κ2) is 17.6. The number of hydrogen-bond acceptors (Lipinski definition) is 18. The van der Waals surface area contributed by atoms with E-state index in [0.717, 1.165) is 12.1 Å². The van der Waals surface area contributed by atoms with Crippen molar-refractivity contribution in [2.75, 3.05) is 0 Å². The Balaban J connectivity index is 0.000000499. The number of carbonyl (C=O) groups is 2. The van der Waals surface area contributed by atoms with Crippen LogP contribution in [0.5, 0.6) is 46.0 Å². The van der Waals surface area contributed by atoms with E-state index in [1.807, 2.05) is 0 Å². The van der Waals surface area contributed by atoms with Crippen molar-refractivity contribution in [1.29, 1.82) is 0 Å². The van der Waals surface area contributed by atoms with E-state index < -0.39 is 120 Å². The summed E-state index contributed by atoms with van der Waals surface area (Å²) in [7, 11) is -27.1. The Kier molecular flexibility index (Phi) is 14.3. The molecule has 0 heterocycles. The topological polar surface area (TPSA) is 289 Å². The molecule has 0 aliphatic heterocycles. The smallest absolute Gasteiger partial charge is 0.508 e. The van der Waals surface area contributed by atoms with E-state index in [9.17, 15) is 106 Å². The van der Waals surface area contributed by atoms with Crippen molar-refractivity contribution in [2.45, 2.75) is 22.0 Å². The largest absolute Gasteiger partial charge is 0.534 e. The van der Waals surface area contributed by atoms with Crippen LogP contribution in [-0.2, 0) is 40.5 Å². The number of phenols is 4. The average molecular weight is 1020 g/mol. The molecule has 4 aromatic carbocycles. The zero-order valence-corrected chi connectivity index (χ0v) is 32.9. The molecule has 18 nitrogen and oxygen atoms in total. The lowest BCUT2D eigenvalue weighted by Gasteiger charge is -2.17. The molecule has 4 N–H and O–H groups in total. The minimum atomic E-state index is -6.93. The number of benzene rings is 4. The molecule has 4 rings (SSSR count). The number of carbonyl (C=O) groups excluding carboxylic acids is 2. The first-order valence-corrected chi connectivity index (χ1v) is 20.8.